The van der Waals surface area contributed by atoms with Crippen LogP contribution in [-0.2, 0) is 21.7 Å². The number of benzene rings is 2. The van der Waals surface area contributed by atoms with Crippen molar-refractivity contribution < 1.29 is 9.47 Å². The van der Waals surface area contributed by atoms with Gasteiger partial charge in [0, 0.05) is 17.7 Å². The van der Waals surface area contributed by atoms with Crippen LogP contribution in [0, 0.1) is 0 Å². The van der Waals surface area contributed by atoms with Crippen LogP contribution in [0.1, 0.15) is 11.1 Å². The van der Waals surface area contributed by atoms with E-state index in [0.29, 0.717) is 18.8 Å². The average Bonchev–Trinajstić information content (AvgIpc) is 2.94. The molecule has 2 nitrogen and oxygen atoms in total. The highest BCUT2D eigenvalue weighted by Gasteiger charge is 2.42. The van der Waals surface area contributed by atoms with Crippen LogP contribution >= 0.6 is 12.6 Å². The van der Waals surface area contributed by atoms with Crippen LogP contribution in [0.4, 0.5) is 0 Å². The van der Waals surface area contributed by atoms with E-state index in [1.165, 1.54) is 5.56 Å². The van der Waals surface area contributed by atoms with Crippen LogP contribution in [-0.4, -0.2) is 18.5 Å². The Labute approximate surface area is 125 Å². The third-order valence-electron chi connectivity index (χ3n) is 3.56. The Hall–Kier alpha value is -1.29. The predicted molar refractivity (Wildman–Crippen MR) is 82.9 cm³/mol. The lowest BCUT2D eigenvalue weighted by Crippen LogP contribution is -2.31. The molecule has 104 valence electrons. The highest BCUT2D eigenvalue weighted by molar-refractivity contribution is 7.80. The fourth-order valence-corrected chi connectivity index (χ4v) is 2.74. The van der Waals surface area contributed by atoms with Crippen LogP contribution in [0.25, 0.3) is 0 Å². The summed E-state index contributed by atoms with van der Waals surface area (Å²) < 4.78 is 12.3. The van der Waals surface area contributed by atoms with Crippen molar-refractivity contribution in [2.75, 3.05) is 12.4 Å². The van der Waals surface area contributed by atoms with Crippen LogP contribution in [0.2, 0.25) is 0 Å². The molecule has 0 radical (unpaired) electrons. The summed E-state index contributed by atoms with van der Waals surface area (Å²) in [7, 11) is 0. The summed E-state index contributed by atoms with van der Waals surface area (Å²) >= 11 is 4.33. The number of ether oxygens (including phenoxy) is 2. The van der Waals surface area contributed by atoms with E-state index in [1.807, 2.05) is 36.4 Å². The van der Waals surface area contributed by atoms with E-state index < -0.39 is 5.79 Å². The van der Waals surface area contributed by atoms with Gasteiger partial charge in [-0.1, -0.05) is 60.7 Å². The molecule has 0 unspecified atom stereocenters. The van der Waals surface area contributed by atoms with Gasteiger partial charge in [-0.25, -0.2) is 0 Å². The van der Waals surface area contributed by atoms with Crippen LogP contribution in [0.3, 0.4) is 0 Å². The Kier molecular flexibility index (Phi) is 4.10. The van der Waals surface area contributed by atoms with Gasteiger partial charge in [-0.3, -0.25) is 0 Å². The molecule has 2 aromatic rings. The Morgan fingerprint density at radius 3 is 2.25 bits per heavy atom. The van der Waals surface area contributed by atoms with Gasteiger partial charge in [0.2, 0.25) is 0 Å². The zero-order chi connectivity index (χ0) is 13.8. The lowest BCUT2D eigenvalue weighted by Gasteiger charge is -2.28. The Balaban J connectivity index is 1.93. The lowest BCUT2D eigenvalue weighted by molar-refractivity contribution is -0.173. The Bertz CT molecular complexity index is 543. The minimum absolute atomic E-state index is 0.0438. The summed E-state index contributed by atoms with van der Waals surface area (Å²) in [6.45, 7) is 0.589. The summed E-state index contributed by atoms with van der Waals surface area (Å²) in [4.78, 5) is 0. The quantitative estimate of drug-likeness (QED) is 0.868. The van der Waals surface area contributed by atoms with Crippen molar-refractivity contribution in [2.45, 2.75) is 18.3 Å². The van der Waals surface area contributed by atoms with E-state index in [-0.39, 0.29) is 6.10 Å². The minimum atomic E-state index is -0.685. The van der Waals surface area contributed by atoms with Crippen molar-refractivity contribution >= 4 is 12.6 Å². The second-order valence-electron chi connectivity index (χ2n) is 5.01. The molecule has 20 heavy (non-hydrogen) atoms. The van der Waals surface area contributed by atoms with Gasteiger partial charge < -0.3 is 9.47 Å². The van der Waals surface area contributed by atoms with Crippen molar-refractivity contribution in [3.8, 4) is 0 Å². The number of hydrogen-bond donors (Lipinski definition) is 1. The van der Waals surface area contributed by atoms with Crippen molar-refractivity contribution in [1.82, 2.24) is 0 Å². The van der Waals surface area contributed by atoms with Gasteiger partial charge in [-0.05, 0) is 5.56 Å². The van der Waals surface area contributed by atoms with Crippen molar-refractivity contribution in [1.29, 1.82) is 0 Å². The Morgan fingerprint density at radius 2 is 1.65 bits per heavy atom. The SMILES string of the molecule is SC[C@H]1CO[C@](Cc2ccccc2)(c2ccccc2)O1. The minimum Gasteiger partial charge on any atom is -0.343 e. The maximum atomic E-state index is 6.19. The molecule has 0 aliphatic carbocycles. The van der Waals surface area contributed by atoms with E-state index >= 15 is 0 Å². The van der Waals surface area contributed by atoms with Gasteiger partial charge in [0.15, 0.2) is 5.79 Å². The molecule has 0 bridgehead atoms. The lowest BCUT2D eigenvalue weighted by atomic mass is 9.97. The maximum Gasteiger partial charge on any atom is 0.199 e. The highest BCUT2D eigenvalue weighted by atomic mass is 32.1. The molecular weight excluding hydrogens is 268 g/mol. The van der Waals surface area contributed by atoms with Gasteiger partial charge >= 0.3 is 0 Å². The zero-order valence-corrected chi connectivity index (χ0v) is 12.1. The Morgan fingerprint density at radius 1 is 1.00 bits per heavy atom. The molecule has 0 aromatic heterocycles. The van der Waals surface area contributed by atoms with E-state index in [2.05, 4.69) is 36.9 Å². The molecule has 0 amide bonds. The average molecular weight is 286 g/mol. The third kappa shape index (κ3) is 2.75. The highest BCUT2D eigenvalue weighted by Crippen LogP contribution is 2.37. The van der Waals surface area contributed by atoms with Crippen LogP contribution < -0.4 is 0 Å². The first-order valence-electron chi connectivity index (χ1n) is 6.84. The second kappa shape index (κ2) is 6.00. The number of thiol groups is 1. The van der Waals surface area contributed by atoms with Crippen molar-refractivity contribution in [2.24, 2.45) is 0 Å². The molecule has 2 atom stereocenters. The summed E-state index contributed by atoms with van der Waals surface area (Å²) in [6, 6.07) is 20.5. The fraction of sp³-hybridized carbons (Fsp3) is 0.294. The van der Waals surface area contributed by atoms with E-state index in [0.717, 1.165) is 5.56 Å². The standard InChI is InChI=1S/C17H18O2S/c20-13-16-12-18-17(19-16,15-9-5-2-6-10-15)11-14-7-3-1-4-8-14/h1-10,16,20H,11-13H2/t16-,17+/m1/s1. The maximum absolute atomic E-state index is 6.19. The van der Waals surface area contributed by atoms with Gasteiger partial charge in [0.1, 0.15) is 0 Å². The smallest absolute Gasteiger partial charge is 0.199 e. The van der Waals surface area contributed by atoms with Gasteiger partial charge in [0.25, 0.3) is 0 Å². The first-order valence-corrected chi connectivity index (χ1v) is 7.48. The largest absolute Gasteiger partial charge is 0.343 e. The molecule has 1 aliphatic rings. The summed E-state index contributed by atoms with van der Waals surface area (Å²) in [5, 5.41) is 0. The molecule has 2 aromatic carbocycles. The molecule has 0 N–H and O–H groups in total. The molecule has 1 fully saturated rings. The first-order chi connectivity index (χ1) is 9.82. The molecule has 1 aliphatic heterocycles. The van der Waals surface area contributed by atoms with Gasteiger partial charge in [-0.2, -0.15) is 12.6 Å². The van der Waals surface area contributed by atoms with E-state index in [4.69, 9.17) is 9.47 Å². The van der Waals surface area contributed by atoms with E-state index in [1.54, 1.807) is 0 Å². The van der Waals surface area contributed by atoms with Crippen molar-refractivity contribution in [3.63, 3.8) is 0 Å². The number of rotatable bonds is 4. The zero-order valence-electron chi connectivity index (χ0n) is 11.2. The first kappa shape index (κ1) is 13.7. The summed E-state index contributed by atoms with van der Waals surface area (Å²) in [6.07, 6.45) is 0.754. The molecule has 1 saturated heterocycles. The predicted octanol–water partition coefficient (Wildman–Crippen LogP) is 3.43. The van der Waals surface area contributed by atoms with Crippen LogP contribution in [0.15, 0.2) is 60.7 Å². The van der Waals surface area contributed by atoms with Crippen LogP contribution in [0.5, 0.6) is 0 Å². The third-order valence-corrected chi connectivity index (χ3v) is 3.96. The summed E-state index contributed by atoms with van der Waals surface area (Å²) in [5.74, 6) is -0.0145. The summed E-state index contributed by atoms with van der Waals surface area (Å²) in [5.41, 5.74) is 2.27. The number of hydrogen-bond acceptors (Lipinski definition) is 3. The topological polar surface area (TPSA) is 18.5 Å². The monoisotopic (exact) mass is 286 g/mol. The van der Waals surface area contributed by atoms with Gasteiger partial charge in [-0.15, -0.1) is 0 Å². The fourth-order valence-electron chi connectivity index (χ4n) is 2.56. The molecule has 0 spiro atoms. The van der Waals surface area contributed by atoms with Gasteiger partial charge in [0.05, 0.1) is 12.7 Å². The van der Waals surface area contributed by atoms with Crippen molar-refractivity contribution in [3.05, 3.63) is 71.8 Å². The molecule has 1 heterocycles. The molecule has 3 heteroatoms. The normalized spacial score (nSPS) is 25.8. The molecule has 3 rings (SSSR count). The second-order valence-corrected chi connectivity index (χ2v) is 5.38. The molecule has 0 saturated carbocycles. The molecular formula is C17H18O2S. The van der Waals surface area contributed by atoms with E-state index in [9.17, 15) is 0 Å².